The van der Waals surface area contributed by atoms with E-state index in [0.717, 1.165) is 22.2 Å². The predicted octanol–water partition coefficient (Wildman–Crippen LogP) is 3.95. The van der Waals surface area contributed by atoms with Crippen molar-refractivity contribution in [1.29, 1.82) is 0 Å². The number of imide groups is 1. The van der Waals surface area contributed by atoms with Gasteiger partial charge in [0.15, 0.2) is 11.5 Å². The highest BCUT2D eigenvalue weighted by Gasteiger charge is 2.36. The van der Waals surface area contributed by atoms with E-state index in [4.69, 9.17) is 4.74 Å². The summed E-state index contributed by atoms with van der Waals surface area (Å²) in [4.78, 5) is 26.3. The number of hydrogen-bond acceptors (Lipinski definition) is 5. The van der Waals surface area contributed by atoms with E-state index in [1.54, 1.807) is 30.3 Å². The van der Waals surface area contributed by atoms with Gasteiger partial charge in [0.2, 0.25) is 0 Å². The molecule has 2 aromatic rings. The van der Waals surface area contributed by atoms with Crippen molar-refractivity contribution in [3.63, 3.8) is 0 Å². The number of aromatic hydroxyl groups is 1. The Morgan fingerprint density at radius 2 is 1.83 bits per heavy atom. The number of benzene rings is 2. The summed E-state index contributed by atoms with van der Waals surface area (Å²) in [7, 11) is 1.45. The van der Waals surface area contributed by atoms with Crippen molar-refractivity contribution in [1.82, 2.24) is 0 Å². The summed E-state index contributed by atoms with van der Waals surface area (Å²) in [6.07, 6.45) is 1.61. The molecule has 1 heterocycles. The van der Waals surface area contributed by atoms with Crippen molar-refractivity contribution >= 4 is 34.7 Å². The van der Waals surface area contributed by atoms with E-state index in [1.807, 2.05) is 19.1 Å². The number of amides is 2. The molecule has 0 saturated carbocycles. The third-order valence-corrected chi connectivity index (χ3v) is 4.46. The van der Waals surface area contributed by atoms with Gasteiger partial charge in [-0.15, -0.1) is 0 Å². The zero-order valence-corrected chi connectivity index (χ0v) is 14.0. The van der Waals surface area contributed by atoms with E-state index < -0.39 is 0 Å². The molecular weight excluding hydrogens is 326 g/mol. The molecule has 1 aliphatic rings. The number of nitrogens with zero attached hydrogens (tertiary/aromatic N) is 1. The fourth-order valence-corrected chi connectivity index (χ4v) is 3.16. The van der Waals surface area contributed by atoms with Gasteiger partial charge >= 0.3 is 0 Å². The normalized spacial score (nSPS) is 16.1. The number of carbonyl (C=O) groups excluding carboxylic acids is 2. The molecule has 0 radical (unpaired) electrons. The number of ether oxygens (including phenoxy) is 1. The van der Waals surface area contributed by atoms with Gasteiger partial charge in [-0.25, -0.2) is 4.90 Å². The van der Waals surface area contributed by atoms with Gasteiger partial charge < -0.3 is 9.84 Å². The average Bonchev–Trinajstić information content (AvgIpc) is 2.84. The molecule has 1 saturated heterocycles. The third-order valence-electron chi connectivity index (χ3n) is 3.59. The van der Waals surface area contributed by atoms with Crippen LogP contribution in [0.15, 0.2) is 47.4 Å². The van der Waals surface area contributed by atoms with E-state index in [-0.39, 0.29) is 16.9 Å². The summed E-state index contributed by atoms with van der Waals surface area (Å²) in [5.41, 5.74) is 2.27. The van der Waals surface area contributed by atoms with Crippen LogP contribution in [0.2, 0.25) is 0 Å². The molecule has 6 heteroatoms. The van der Waals surface area contributed by atoms with Crippen molar-refractivity contribution in [3.8, 4) is 11.5 Å². The van der Waals surface area contributed by atoms with Crippen molar-refractivity contribution in [3.05, 3.63) is 58.5 Å². The van der Waals surface area contributed by atoms with Crippen LogP contribution in [-0.2, 0) is 4.79 Å². The Labute approximate surface area is 143 Å². The van der Waals surface area contributed by atoms with Crippen LogP contribution in [0.1, 0.15) is 11.1 Å². The molecule has 2 amide bonds. The Morgan fingerprint density at radius 3 is 2.50 bits per heavy atom. The molecule has 3 rings (SSSR count). The van der Waals surface area contributed by atoms with E-state index in [9.17, 15) is 14.7 Å². The largest absolute Gasteiger partial charge is 0.504 e. The first-order chi connectivity index (χ1) is 11.5. The molecule has 1 fully saturated rings. The number of hydrogen-bond donors (Lipinski definition) is 1. The fourth-order valence-electron chi connectivity index (χ4n) is 2.32. The number of anilines is 1. The van der Waals surface area contributed by atoms with Crippen LogP contribution in [-0.4, -0.2) is 23.4 Å². The predicted molar refractivity (Wildman–Crippen MR) is 94.3 cm³/mol. The molecule has 0 bridgehead atoms. The second-order valence-electron chi connectivity index (χ2n) is 5.28. The van der Waals surface area contributed by atoms with Crippen LogP contribution in [0, 0.1) is 6.92 Å². The fraction of sp³-hybridized carbons (Fsp3) is 0.111. The summed E-state index contributed by atoms with van der Waals surface area (Å²) in [5, 5.41) is 9.29. The number of methoxy groups -OCH3 is 1. The van der Waals surface area contributed by atoms with Crippen molar-refractivity contribution in [2.45, 2.75) is 6.92 Å². The maximum Gasteiger partial charge on any atom is 0.298 e. The number of thioether (sulfide) groups is 1. The second kappa shape index (κ2) is 6.41. The van der Waals surface area contributed by atoms with Gasteiger partial charge in [-0.05, 0) is 54.6 Å². The first-order valence-corrected chi connectivity index (χ1v) is 8.03. The molecule has 2 aromatic carbocycles. The molecule has 1 N–H and O–H groups in total. The molecule has 122 valence electrons. The number of carbonyl (C=O) groups is 2. The van der Waals surface area contributed by atoms with Crippen LogP contribution in [0.25, 0.3) is 6.08 Å². The minimum atomic E-state index is -0.360. The highest BCUT2D eigenvalue weighted by molar-refractivity contribution is 8.19. The Hall–Kier alpha value is -2.73. The highest BCUT2D eigenvalue weighted by Crippen LogP contribution is 2.36. The lowest BCUT2D eigenvalue weighted by Gasteiger charge is -2.12. The third kappa shape index (κ3) is 3.00. The Morgan fingerprint density at radius 1 is 1.12 bits per heavy atom. The molecule has 0 aromatic heterocycles. The minimum absolute atomic E-state index is 0.0161. The zero-order chi connectivity index (χ0) is 17.3. The Balaban J connectivity index is 1.92. The lowest BCUT2D eigenvalue weighted by molar-refractivity contribution is -0.113. The standard InChI is InChI=1S/C18H15NO4S/c1-11-3-6-13(7-4-11)19-17(21)16(24-18(19)22)10-12-5-8-14(20)15(9-12)23-2/h3-10,20H,1-2H3/b16-10-. The number of phenols is 1. The van der Waals surface area contributed by atoms with Gasteiger partial charge in [0, 0.05) is 0 Å². The zero-order valence-electron chi connectivity index (χ0n) is 13.1. The number of rotatable bonds is 3. The van der Waals surface area contributed by atoms with Gasteiger partial charge in [-0.1, -0.05) is 23.8 Å². The van der Waals surface area contributed by atoms with Gasteiger partial charge in [0.1, 0.15) is 0 Å². The van der Waals surface area contributed by atoms with Crippen LogP contribution in [0.3, 0.4) is 0 Å². The molecule has 0 spiro atoms. The van der Waals surface area contributed by atoms with Gasteiger partial charge in [-0.2, -0.15) is 0 Å². The first-order valence-electron chi connectivity index (χ1n) is 7.21. The van der Waals surface area contributed by atoms with Crippen LogP contribution < -0.4 is 9.64 Å². The van der Waals surface area contributed by atoms with E-state index in [0.29, 0.717) is 21.9 Å². The van der Waals surface area contributed by atoms with Gasteiger partial charge in [0.25, 0.3) is 11.1 Å². The SMILES string of the molecule is COc1cc(/C=C2\SC(=O)N(c3ccc(C)cc3)C2=O)ccc1O. The molecule has 1 aliphatic heterocycles. The maximum absolute atomic E-state index is 12.6. The van der Waals surface area contributed by atoms with E-state index >= 15 is 0 Å². The quantitative estimate of drug-likeness (QED) is 0.856. The lowest BCUT2D eigenvalue weighted by atomic mass is 10.1. The average molecular weight is 341 g/mol. The molecule has 24 heavy (non-hydrogen) atoms. The van der Waals surface area contributed by atoms with Crippen molar-refractivity contribution in [2.75, 3.05) is 12.0 Å². The van der Waals surface area contributed by atoms with Gasteiger partial charge in [-0.3, -0.25) is 9.59 Å². The van der Waals surface area contributed by atoms with Crippen LogP contribution in [0.5, 0.6) is 11.5 Å². The Kier molecular flexibility index (Phi) is 4.31. The summed E-state index contributed by atoms with van der Waals surface area (Å²) in [5.74, 6) is -0.0372. The summed E-state index contributed by atoms with van der Waals surface area (Å²) < 4.78 is 5.05. The van der Waals surface area contributed by atoms with Crippen LogP contribution >= 0.6 is 11.8 Å². The molecule has 0 atom stereocenters. The molecule has 0 aliphatic carbocycles. The number of phenolic OH excluding ortho intramolecular Hbond substituents is 1. The minimum Gasteiger partial charge on any atom is -0.504 e. The molecule has 5 nitrogen and oxygen atoms in total. The van der Waals surface area contributed by atoms with Gasteiger partial charge in [0.05, 0.1) is 17.7 Å². The molecule has 0 unspecified atom stereocenters. The summed E-state index contributed by atoms with van der Waals surface area (Å²) in [6.45, 7) is 1.94. The second-order valence-corrected chi connectivity index (χ2v) is 6.28. The maximum atomic E-state index is 12.6. The van der Waals surface area contributed by atoms with Crippen LogP contribution in [0.4, 0.5) is 10.5 Å². The highest BCUT2D eigenvalue weighted by atomic mass is 32.2. The van der Waals surface area contributed by atoms with E-state index in [2.05, 4.69) is 0 Å². The lowest BCUT2D eigenvalue weighted by Crippen LogP contribution is -2.27. The van der Waals surface area contributed by atoms with E-state index in [1.165, 1.54) is 13.2 Å². The summed E-state index contributed by atoms with van der Waals surface area (Å²) in [6, 6.07) is 11.9. The van der Waals surface area contributed by atoms with Crippen molar-refractivity contribution < 1.29 is 19.4 Å². The van der Waals surface area contributed by atoms with Crippen molar-refractivity contribution in [2.24, 2.45) is 0 Å². The monoisotopic (exact) mass is 341 g/mol. The summed E-state index contributed by atoms with van der Waals surface area (Å²) >= 11 is 0.889. The topological polar surface area (TPSA) is 66.8 Å². The number of aryl methyl sites for hydroxylation is 1. The smallest absolute Gasteiger partial charge is 0.298 e. The Bertz CT molecular complexity index is 843. The molecular formula is C18H15NO4S. The first kappa shape index (κ1) is 16.1.